The van der Waals surface area contributed by atoms with Crippen LogP contribution in [0.5, 0.6) is 0 Å². The third-order valence-corrected chi connectivity index (χ3v) is 2.98. The first kappa shape index (κ1) is 11.4. The molecule has 1 unspecified atom stereocenters. The second-order valence-corrected chi connectivity index (χ2v) is 4.48. The molecule has 0 radical (unpaired) electrons. The zero-order valence-electron chi connectivity index (χ0n) is 8.66. The molecule has 4 nitrogen and oxygen atoms in total. The maximum absolute atomic E-state index is 8.82. The van der Waals surface area contributed by atoms with Gasteiger partial charge in [0.15, 0.2) is 0 Å². The average molecular weight is 215 g/mol. The molecule has 0 aromatic carbocycles. The molecule has 0 saturated carbocycles. The molecular weight excluding hydrogens is 198 g/mol. The van der Waals surface area contributed by atoms with E-state index in [-0.39, 0.29) is 6.61 Å². The van der Waals surface area contributed by atoms with Gasteiger partial charge in [-0.15, -0.1) is 10.2 Å². The van der Waals surface area contributed by atoms with Crippen LogP contribution in [0, 0.1) is 12.8 Å². The van der Waals surface area contributed by atoms with E-state index in [1.54, 1.807) is 11.3 Å². The summed E-state index contributed by atoms with van der Waals surface area (Å²) in [5, 5.41) is 21.8. The zero-order valence-corrected chi connectivity index (χ0v) is 9.47. The quantitative estimate of drug-likeness (QED) is 0.758. The summed E-state index contributed by atoms with van der Waals surface area (Å²) in [7, 11) is 0. The molecule has 1 rings (SSSR count). The van der Waals surface area contributed by atoms with Gasteiger partial charge in [-0.1, -0.05) is 24.7 Å². The number of aromatic nitrogens is 2. The number of hydrogen-bond donors (Lipinski definition) is 2. The molecule has 1 aromatic rings. The number of nitrogens with zero attached hydrogens (tertiary/aromatic N) is 2. The minimum Gasteiger partial charge on any atom is -0.396 e. The molecule has 2 N–H and O–H groups in total. The lowest BCUT2D eigenvalue weighted by Gasteiger charge is -2.12. The van der Waals surface area contributed by atoms with Crippen LogP contribution >= 0.6 is 11.3 Å². The van der Waals surface area contributed by atoms with Crippen molar-refractivity contribution in [1.82, 2.24) is 10.2 Å². The van der Waals surface area contributed by atoms with E-state index in [0.29, 0.717) is 5.92 Å². The third-order valence-electron chi connectivity index (χ3n) is 2.18. The van der Waals surface area contributed by atoms with Crippen LogP contribution in [-0.4, -0.2) is 28.5 Å². The fourth-order valence-electron chi connectivity index (χ4n) is 1.23. The van der Waals surface area contributed by atoms with Gasteiger partial charge in [0.05, 0.1) is 0 Å². The van der Waals surface area contributed by atoms with Crippen molar-refractivity contribution in [2.45, 2.75) is 26.7 Å². The van der Waals surface area contributed by atoms with Crippen molar-refractivity contribution in [3.63, 3.8) is 0 Å². The number of anilines is 1. The Morgan fingerprint density at radius 3 is 2.79 bits per heavy atom. The minimum atomic E-state index is 0.259. The summed E-state index contributed by atoms with van der Waals surface area (Å²) in [6.07, 6.45) is 1.92. The summed E-state index contributed by atoms with van der Waals surface area (Å²) in [6.45, 7) is 5.20. The van der Waals surface area contributed by atoms with Crippen molar-refractivity contribution in [3.8, 4) is 0 Å². The monoisotopic (exact) mass is 215 g/mol. The number of aliphatic hydroxyl groups is 1. The molecule has 0 aliphatic heterocycles. The third kappa shape index (κ3) is 3.59. The summed E-state index contributed by atoms with van der Waals surface area (Å²) in [5.74, 6) is 0.518. The SMILES string of the molecule is CCC(CCO)CNc1nnc(C)s1. The molecule has 1 aromatic heterocycles. The predicted octanol–water partition coefficient (Wildman–Crippen LogP) is 1.67. The summed E-state index contributed by atoms with van der Waals surface area (Å²) in [6, 6.07) is 0. The lowest BCUT2D eigenvalue weighted by Crippen LogP contribution is -2.14. The summed E-state index contributed by atoms with van der Waals surface area (Å²) < 4.78 is 0. The van der Waals surface area contributed by atoms with Crippen molar-refractivity contribution in [2.75, 3.05) is 18.5 Å². The molecule has 5 heteroatoms. The van der Waals surface area contributed by atoms with Crippen molar-refractivity contribution >= 4 is 16.5 Å². The van der Waals surface area contributed by atoms with Crippen LogP contribution in [0.15, 0.2) is 0 Å². The van der Waals surface area contributed by atoms with Gasteiger partial charge in [0.25, 0.3) is 0 Å². The molecule has 0 aliphatic carbocycles. The Labute approximate surface area is 88.4 Å². The molecule has 1 atom stereocenters. The second-order valence-electron chi connectivity index (χ2n) is 3.29. The van der Waals surface area contributed by atoms with Crippen molar-refractivity contribution in [3.05, 3.63) is 5.01 Å². The molecule has 0 bridgehead atoms. The summed E-state index contributed by atoms with van der Waals surface area (Å²) in [5.41, 5.74) is 0. The normalized spacial score (nSPS) is 12.8. The maximum atomic E-state index is 8.82. The highest BCUT2D eigenvalue weighted by atomic mass is 32.1. The van der Waals surface area contributed by atoms with Gasteiger partial charge in [-0.3, -0.25) is 0 Å². The first-order valence-corrected chi connectivity index (χ1v) is 5.72. The van der Waals surface area contributed by atoms with Gasteiger partial charge in [-0.05, 0) is 19.3 Å². The first-order chi connectivity index (χ1) is 6.76. The van der Waals surface area contributed by atoms with Crippen molar-refractivity contribution in [1.29, 1.82) is 0 Å². The van der Waals surface area contributed by atoms with Crippen LogP contribution in [0.3, 0.4) is 0 Å². The number of hydrogen-bond acceptors (Lipinski definition) is 5. The van der Waals surface area contributed by atoms with E-state index in [9.17, 15) is 0 Å². The van der Waals surface area contributed by atoms with Crippen molar-refractivity contribution in [2.24, 2.45) is 5.92 Å². The van der Waals surface area contributed by atoms with Gasteiger partial charge >= 0.3 is 0 Å². The predicted molar refractivity (Wildman–Crippen MR) is 58.6 cm³/mol. The first-order valence-electron chi connectivity index (χ1n) is 4.91. The number of rotatable bonds is 6. The van der Waals surface area contributed by atoms with Gasteiger partial charge < -0.3 is 10.4 Å². The minimum absolute atomic E-state index is 0.259. The van der Waals surface area contributed by atoms with E-state index in [1.807, 2.05) is 6.92 Å². The molecule has 1 heterocycles. The van der Waals surface area contributed by atoms with Crippen LogP contribution in [0.1, 0.15) is 24.8 Å². The van der Waals surface area contributed by atoms with E-state index in [0.717, 1.165) is 29.5 Å². The summed E-state index contributed by atoms with van der Waals surface area (Å²) in [4.78, 5) is 0. The van der Waals surface area contributed by atoms with E-state index in [4.69, 9.17) is 5.11 Å². The molecule has 0 amide bonds. The molecule has 0 saturated heterocycles. The Morgan fingerprint density at radius 2 is 2.29 bits per heavy atom. The van der Waals surface area contributed by atoms with Crippen LogP contribution < -0.4 is 5.32 Å². The Hall–Kier alpha value is -0.680. The van der Waals surface area contributed by atoms with Gasteiger partial charge in [-0.25, -0.2) is 0 Å². The van der Waals surface area contributed by atoms with E-state index in [1.165, 1.54) is 0 Å². The molecule has 0 spiro atoms. The molecule has 0 fully saturated rings. The van der Waals surface area contributed by atoms with Gasteiger partial charge in [0, 0.05) is 13.2 Å². The Kier molecular flexibility index (Phi) is 4.82. The lowest BCUT2D eigenvalue weighted by atomic mass is 10.0. The Balaban J connectivity index is 2.31. The van der Waals surface area contributed by atoms with Crippen LogP contribution in [0.25, 0.3) is 0 Å². The Morgan fingerprint density at radius 1 is 1.50 bits per heavy atom. The van der Waals surface area contributed by atoms with E-state index in [2.05, 4.69) is 22.4 Å². The maximum Gasteiger partial charge on any atom is 0.205 e. The zero-order chi connectivity index (χ0) is 10.4. The molecular formula is C9H17N3OS. The van der Waals surface area contributed by atoms with Crippen molar-refractivity contribution < 1.29 is 5.11 Å². The topological polar surface area (TPSA) is 58.0 Å². The average Bonchev–Trinajstić information content (AvgIpc) is 2.59. The molecule has 14 heavy (non-hydrogen) atoms. The number of nitrogens with one attached hydrogen (secondary N) is 1. The van der Waals surface area contributed by atoms with Gasteiger partial charge in [-0.2, -0.15) is 0 Å². The van der Waals surface area contributed by atoms with Crippen LogP contribution in [-0.2, 0) is 0 Å². The highest BCUT2D eigenvalue weighted by Gasteiger charge is 2.06. The summed E-state index contributed by atoms with van der Waals surface area (Å²) >= 11 is 1.56. The molecule has 80 valence electrons. The van der Waals surface area contributed by atoms with Gasteiger partial charge in [0.2, 0.25) is 5.13 Å². The second kappa shape index (κ2) is 5.93. The fourth-order valence-corrected chi connectivity index (χ4v) is 1.83. The largest absolute Gasteiger partial charge is 0.396 e. The lowest BCUT2D eigenvalue weighted by molar-refractivity contribution is 0.258. The smallest absolute Gasteiger partial charge is 0.205 e. The van der Waals surface area contributed by atoms with Gasteiger partial charge in [0.1, 0.15) is 5.01 Å². The standard InChI is InChI=1S/C9H17N3OS/c1-3-8(4-5-13)6-10-9-12-11-7(2)14-9/h8,13H,3-6H2,1-2H3,(H,10,12). The van der Waals surface area contributed by atoms with Crippen LogP contribution in [0.4, 0.5) is 5.13 Å². The fraction of sp³-hybridized carbons (Fsp3) is 0.778. The number of aliphatic hydroxyl groups excluding tert-OH is 1. The van der Waals surface area contributed by atoms with E-state index >= 15 is 0 Å². The molecule has 0 aliphatic rings. The number of aryl methyl sites for hydroxylation is 1. The highest BCUT2D eigenvalue weighted by Crippen LogP contribution is 2.15. The highest BCUT2D eigenvalue weighted by molar-refractivity contribution is 7.15. The van der Waals surface area contributed by atoms with E-state index < -0.39 is 0 Å². The Bertz CT molecular complexity index is 264. The van der Waals surface area contributed by atoms with Crippen LogP contribution in [0.2, 0.25) is 0 Å².